The molecule has 0 aromatic carbocycles. The van der Waals surface area contributed by atoms with E-state index in [0.717, 1.165) is 39.0 Å². The summed E-state index contributed by atoms with van der Waals surface area (Å²) in [6.07, 6.45) is 2.37. The molecule has 2 fully saturated rings. The Balaban J connectivity index is 2.02. The first-order chi connectivity index (χ1) is 12.2. The number of rotatable bonds is 6. The molecule has 150 valence electrons. The summed E-state index contributed by atoms with van der Waals surface area (Å²) in [6.45, 7) is 14.8. The molecular formula is C20H38N4O2. The number of likely N-dealkylation sites (tertiary alicyclic amines) is 1. The second-order valence-electron chi connectivity index (χ2n) is 9.00. The van der Waals surface area contributed by atoms with Crippen molar-refractivity contribution in [1.82, 2.24) is 20.0 Å². The van der Waals surface area contributed by atoms with Crippen molar-refractivity contribution in [3.63, 3.8) is 0 Å². The number of likely N-dealkylation sites (N-methyl/N-ethyl adjacent to an activating group) is 1. The van der Waals surface area contributed by atoms with Crippen molar-refractivity contribution in [3.8, 4) is 0 Å². The molecular weight excluding hydrogens is 328 g/mol. The third kappa shape index (κ3) is 4.97. The second kappa shape index (κ2) is 8.70. The largest absolute Gasteiger partial charge is 0.353 e. The molecule has 0 aliphatic carbocycles. The highest BCUT2D eigenvalue weighted by molar-refractivity contribution is 5.83. The molecule has 3 atom stereocenters. The molecule has 0 radical (unpaired) electrons. The van der Waals surface area contributed by atoms with E-state index >= 15 is 0 Å². The summed E-state index contributed by atoms with van der Waals surface area (Å²) in [5.74, 6) is 0.373. The topological polar surface area (TPSA) is 55.9 Å². The maximum atomic E-state index is 12.8. The maximum Gasteiger partial charge on any atom is 0.239 e. The van der Waals surface area contributed by atoms with Crippen LogP contribution in [-0.2, 0) is 9.59 Å². The Morgan fingerprint density at radius 3 is 2.50 bits per heavy atom. The summed E-state index contributed by atoms with van der Waals surface area (Å²) >= 11 is 0. The van der Waals surface area contributed by atoms with E-state index in [-0.39, 0.29) is 35.4 Å². The van der Waals surface area contributed by atoms with Crippen LogP contribution < -0.4 is 5.32 Å². The highest BCUT2D eigenvalue weighted by atomic mass is 16.2. The monoisotopic (exact) mass is 366 g/mol. The van der Waals surface area contributed by atoms with Gasteiger partial charge in [0.25, 0.3) is 0 Å². The first-order valence-electron chi connectivity index (χ1n) is 10.2. The van der Waals surface area contributed by atoms with E-state index in [9.17, 15) is 9.59 Å². The quantitative estimate of drug-likeness (QED) is 0.775. The van der Waals surface area contributed by atoms with Gasteiger partial charge in [0.15, 0.2) is 0 Å². The molecule has 2 saturated heterocycles. The SMILES string of the molecule is CCN(CC)C(=O)CC[C@H]1CNC(=O)[C@@H]2[C@@H](CCN2CC(C)(C)C)N1C. The fourth-order valence-corrected chi connectivity index (χ4v) is 4.46. The van der Waals surface area contributed by atoms with Crippen molar-refractivity contribution in [1.29, 1.82) is 0 Å². The average Bonchev–Trinajstić information content (AvgIpc) is 2.91. The third-order valence-electron chi connectivity index (χ3n) is 5.83. The van der Waals surface area contributed by atoms with E-state index in [0.29, 0.717) is 13.0 Å². The molecule has 0 unspecified atom stereocenters. The predicted molar refractivity (Wildman–Crippen MR) is 105 cm³/mol. The molecule has 2 heterocycles. The zero-order valence-electron chi connectivity index (χ0n) is 17.5. The molecule has 1 N–H and O–H groups in total. The van der Waals surface area contributed by atoms with E-state index in [2.05, 4.69) is 42.9 Å². The molecule has 2 amide bonds. The minimum absolute atomic E-state index is 0.0669. The average molecular weight is 367 g/mol. The molecule has 26 heavy (non-hydrogen) atoms. The van der Waals surface area contributed by atoms with Gasteiger partial charge in [-0.1, -0.05) is 20.8 Å². The predicted octanol–water partition coefficient (Wildman–Crippen LogP) is 1.55. The normalized spacial score (nSPS) is 27.8. The molecule has 0 bridgehead atoms. The van der Waals surface area contributed by atoms with Gasteiger partial charge in [0, 0.05) is 51.2 Å². The fraction of sp³-hybridized carbons (Fsp3) is 0.900. The van der Waals surface area contributed by atoms with Gasteiger partial charge in [0.05, 0.1) is 0 Å². The molecule has 2 aliphatic rings. The number of hydrogen-bond donors (Lipinski definition) is 1. The van der Waals surface area contributed by atoms with Crippen LogP contribution in [0.5, 0.6) is 0 Å². The number of nitrogens with one attached hydrogen (secondary N) is 1. The number of hydrogen-bond acceptors (Lipinski definition) is 4. The zero-order valence-corrected chi connectivity index (χ0v) is 17.5. The first-order valence-corrected chi connectivity index (χ1v) is 10.2. The molecule has 2 aliphatic heterocycles. The van der Waals surface area contributed by atoms with E-state index in [4.69, 9.17) is 0 Å². The van der Waals surface area contributed by atoms with Gasteiger partial charge in [-0.05, 0) is 39.2 Å². The van der Waals surface area contributed by atoms with Crippen molar-refractivity contribution in [2.24, 2.45) is 5.41 Å². The summed E-state index contributed by atoms with van der Waals surface area (Å²) in [4.78, 5) is 31.7. The summed E-state index contributed by atoms with van der Waals surface area (Å²) < 4.78 is 0. The van der Waals surface area contributed by atoms with Crippen molar-refractivity contribution in [3.05, 3.63) is 0 Å². The van der Waals surface area contributed by atoms with Crippen LogP contribution in [0.25, 0.3) is 0 Å². The zero-order chi connectivity index (χ0) is 19.5. The van der Waals surface area contributed by atoms with Crippen LogP contribution >= 0.6 is 0 Å². The van der Waals surface area contributed by atoms with Crippen LogP contribution in [0.1, 0.15) is 53.9 Å². The first kappa shape index (κ1) is 21.2. The van der Waals surface area contributed by atoms with E-state index in [1.54, 1.807) is 0 Å². The van der Waals surface area contributed by atoms with Gasteiger partial charge in [0.1, 0.15) is 6.04 Å². The van der Waals surface area contributed by atoms with Crippen LogP contribution in [0, 0.1) is 5.41 Å². The molecule has 0 spiro atoms. The third-order valence-corrected chi connectivity index (χ3v) is 5.83. The summed E-state index contributed by atoms with van der Waals surface area (Å²) in [7, 11) is 2.13. The van der Waals surface area contributed by atoms with Crippen molar-refractivity contribution in [2.45, 2.75) is 72.0 Å². The van der Waals surface area contributed by atoms with E-state index in [1.165, 1.54) is 0 Å². The Hall–Kier alpha value is -1.14. The fourth-order valence-electron chi connectivity index (χ4n) is 4.46. The second-order valence-corrected chi connectivity index (χ2v) is 9.00. The number of carbonyl (C=O) groups is 2. The van der Waals surface area contributed by atoms with E-state index < -0.39 is 0 Å². The number of nitrogens with zero attached hydrogens (tertiary/aromatic N) is 3. The lowest BCUT2D eigenvalue weighted by atomic mass is 9.95. The van der Waals surface area contributed by atoms with Gasteiger partial charge in [-0.2, -0.15) is 0 Å². The van der Waals surface area contributed by atoms with Gasteiger partial charge in [-0.25, -0.2) is 0 Å². The van der Waals surface area contributed by atoms with Crippen molar-refractivity contribution >= 4 is 11.8 Å². The maximum absolute atomic E-state index is 12.8. The van der Waals surface area contributed by atoms with Crippen LogP contribution in [0.2, 0.25) is 0 Å². The van der Waals surface area contributed by atoms with Crippen molar-refractivity contribution in [2.75, 3.05) is 39.8 Å². The molecule has 2 rings (SSSR count). The molecule has 0 aromatic heterocycles. The van der Waals surface area contributed by atoms with Gasteiger partial charge in [0.2, 0.25) is 11.8 Å². The molecule has 0 saturated carbocycles. The smallest absolute Gasteiger partial charge is 0.239 e. The summed E-state index contributed by atoms with van der Waals surface area (Å²) in [5, 5.41) is 3.15. The molecule has 6 nitrogen and oxygen atoms in total. The molecule has 0 aromatic rings. The Kier molecular flexibility index (Phi) is 7.08. The van der Waals surface area contributed by atoms with Crippen molar-refractivity contribution < 1.29 is 9.59 Å². The van der Waals surface area contributed by atoms with Crippen LogP contribution in [0.15, 0.2) is 0 Å². The van der Waals surface area contributed by atoms with Gasteiger partial charge >= 0.3 is 0 Å². The number of carbonyl (C=O) groups excluding carboxylic acids is 2. The Bertz CT molecular complexity index is 499. The molecule has 6 heteroatoms. The standard InChI is InChI=1S/C20H38N4O2/c1-7-23(8-2)17(25)10-9-15-13-21-19(26)18-16(22(15)6)11-12-24(18)14-20(3,4)5/h15-16,18H,7-14H2,1-6H3,(H,21,26)/t15-,16+,18-/m0/s1. The minimum atomic E-state index is -0.0669. The lowest BCUT2D eigenvalue weighted by Crippen LogP contribution is -2.51. The number of amides is 2. The van der Waals surface area contributed by atoms with Gasteiger partial charge < -0.3 is 10.2 Å². The highest BCUT2D eigenvalue weighted by Crippen LogP contribution is 2.30. The van der Waals surface area contributed by atoms with E-state index in [1.807, 2.05) is 18.7 Å². The highest BCUT2D eigenvalue weighted by Gasteiger charge is 2.45. The van der Waals surface area contributed by atoms with Crippen LogP contribution in [0.3, 0.4) is 0 Å². The summed E-state index contributed by atoms with van der Waals surface area (Å²) in [6, 6.07) is 0.402. The Labute approximate surface area is 159 Å². The lowest BCUT2D eigenvalue weighted by molar-refractivity contribution is -0.131. The Morgan fingerprint density at radius 2 is 1.92 bits per heavy atom. The minimum Gasteiger partial charge on any atom is -0.353 e. The van der Waals surface area contributed by atoms with Crippen LogP contribution in [-0.4, -0.2) is 84.4 Å². The number of fused-ring (bicyclic) bond motifs is 1. The lowest BCUT2D eigenvalue weighted by Gasteiger charge is -2.35. The Morgan fingerprint density at radius 1 is 1.27 bits per heavy atom. The van der Waals surface area contributed by atoms with Gasteiger partial charge in [-0.3, -0.25) is 19.4 Å². The van der Waals surface area contributed by atoms with Crippen LogP contribution in [0.4, 0.5) is 0 Å². The summed E-state index contributed by atoms with van der Waals surface area (Å²) in [5.41, 5.74) is 0.176. The van der Waals surface area contributed by atoms with Gasteiger partial charge in [-0.15, -0.1) is 0 Å².